The molecule has 21 heavy (non-hydrogen) atoms. The van der Waals surface area contributed by atoms with Crippen LogP contribution in [0.25, 0.3) is 0 Å². The molecule has 0 aromatic heterocycles. The average Bonchev–Trinajstić information content (AvgIpc) is 2.48. The SMILES string of the molecule is O=C(N1CCCCC1CCO)C1(c2ccccc2)CCC1. The molecule has 114 valence electrons. The van der Waals surface area contributed by atoms with E-state index >= 15 is 0 Å². The summed E-state index contributed by atoms with van der Waals surface area (Å²) in [6.07, 6.45) is 7.11. The lowest BCUT2D eigenvalue weighted by Crippen LogP contribution is -2.55. The smallest absolute Gasteiger partial charge is 0.233 e. The number of carbonyl (C=O) groups is 1. The summed E-state index contributed by atoms with van der Waals surface area (Å²) < 4.78 is 0. The Bertz CT molecular complexity index is 479. The summed E-state index contributed by atoms with van der Waals surface area (Å²) in [4.78, 5) is 15.3. The number of piperidine rings is 1. The third-order valence-electron chi connectivity index (χ3n) is 5.29. The summed E-state index contributed by atoms with van der Waals surface area (Å²) in [5.41, 5.74) is 0.890. The van der Waals surface area contributed by atoms with E-state index in [1.807, 2.05) is 18.2 Å². The minimum Gasteiger partial charge on any atom is -0.396 e. The number of rotatable bonds is 4. The van der Waals surface area contributed by atoms with Crippen LogP contribution in [0.3, 0.4) is 0 Å². The third-order valence-corrected chi connectivity index (χ3v) is 5.29. The Hall–Kier alpha value is -1.35. The Morgan fingerprint density at radius 3 is 2.57 bits per heavy atom. The Morgan fingerprint density at radius 1 is 1.19 bits per heavy atom. The van der Waals surface area contributed by atoms with Gasteiger partial charge in [0.25, 0.3) is 0 Å². The molecule has 1 aliphatic heterocycles. The molecule has 3 rings (SSSR count). The first kappa shape index (κ1) is 14.6. The molecular formula is C18H25NO2. The molecule has 3 nitrogen and oxygen atoms in total. The molecular weight excluding hydrogens is 262 g/mol. The van der Waals surface area contributed by atoms with Crippen LogP contribution in [-0.4, -0.2) is 35.1 Å². The molecule has 1 aromatic carbocycles. The van der Waals surface area contributed by atoms with Gasteiger partial charge in [0, 0.05) is 19.2 Å². The second-order valence-electron chi connectivity index (χ2n) is 6.46. The highest BCUT2D eigenvalue weighted by molar-refractivity contribution is 5.89. The Morgan fingerprint density at radius 2 is 1.95 bits per heavy atom. The van der Waals surface area contributed by atoms with Crippen LogP contribution in [0.2, 0.25) is 0 Å². The number of hydrogen-bond donors (Lipinski definition) is 1. The van der Waals surface area contributed by atoms with E-state index in [0.29, 0.717) is 5.91 Å². The maximum absolute atomic E-state index is 13.2. The van der Waals surface area contributed by atoms with Crippen molar-refractivity contribution in [3.05, 3.63) is 35.9 Å². The van der Waals surface area contributed by atoms with Crippen LogP contribution in [0.15, 0.2) is 30.3 Å². The minimum absolute atomic E-state index is 0.173. The number of amides is 1. The molecule has 0 radical (unpaired) electrons. The molecule has 1 N–H and O–H groups in total. The summed E-state index contributed by atoms with van der Waals surface area (Å²) >= 11 is 0. The molecule has 2 aliphatic rings. The average molecular weight is 287 g/mol. The summed E-state index contributed by atoms with van der Waals surface area (Å²) in [6.45, 7) is 1.03. The van der Waals surface area contributed by atoms with E-state index in [-0.39, 0.29) is 18.1 Å². The van der Waals surface area contributed by atoms with E-state index in [9.17, 15) is 9.90 Å². The zero-order chi connectivity index (χ0) is 14.7. The second-order valence-corrected chi connectivity index (χ2v) is 6.46. The van der Waals surface area contributed by atoms with E-state index < -0.39 is 0 Å². The van der Waals surface area contributed by atoms with Gasteiger partial charge in [-0.15, -0.1) is 0 Å². The molecule has 1 saturated heterocycles. The maximum atomic E-state index is 13.2. The molecule has 0 bridgehead atoms. The van der Waals surface area contributed by atoms with Crippen LogP contribution in [0, 0.1) is 0 Å². The second kappa shape index (κ2) is 6.18. The zero-order valence-electron chi connectivity index (χ0n) is 12.6. The van der Waals surface area contributed by atoms with Crippen LogP contribution < -0.4 is 0 Å². The van der Waals surface area contributed by atoms with Crippen molar-refractivity contribution >= 4 is 5.91 Å². The molecule has 1 aliphatic carbocycles. The predicted molar refractivity (Wildman–Crippen MR) is 83.0 cm³/mol. The van der Waals surface area contributed by atoms with Crippen molar-refractivity contribution in [1.29, 1.82) is 0 Å². The minimum atomic E-state index is -0.285. The molecule has 1 unspecified atom stereocenters. The topological polar surface area (TPSA) is 40.5 Å². The highest BCUT2D eigenvalue weighted by Crippen LogP contribution is 2.46. The lowest BCUT2D eigenvalue weighted by Gasteiger charge is -2.47. The molecule has 1 aromatic rings. The van der Waals surface area contributed by atoms with E-state index in [1.54, 1.807) is 0 Å². The number of nitrogens with zero attached hydrogens (tertiary/aromatic N) is 1. The summed E-state index contributed by atoms with van der Waals surface area (Å²) in [6, 6.07) is 10.5. The predicted octanol–water partition coefficient (Wildman–Crippen LogP) is 2.87. The molecule has 0 spiro atoms. The van der Waals surface area contributed by atoms with Gasteiger partial charge in [0.05, 0.1) is 5.41 Å². The quantitative estimate of drug-likeness (QED) is 0.925. The monoisotopic (exact) mass is 287 g/mol. The van der Waals surface area contributed by atoms with Crippen molar-refractivity contribution in [3.63, 3.8) is 0 Å². The summed E-state index contributed by atoms with van der Waals surface area (Å²) in [5.74, 6) is 0.304. The zero-order valence-corrected chi connectivity index (χ0v) is 12.6. The van der Waals surface area contributed by atoms with Crippen LogP contribution >= 0.6 is 0 Å². The molecule has 1 heterocycles. The van der Waals surface area contributed by atoms with Gasteiger partial charge in [0.1, 0.15) is 0 Å². The van der Waals surface area contributed by atoms with E-state index in [4.69, 9.17) is 0 Å². The number of hydrogen-bond acceptors (Lipinski definition) is 2. The Balaban J connectivity index is 1.85. The largest absolute Gasteiger partial charge is 0.396 e. The number of likely N-dealkylation sites (tertiary alicyclic amines) is 1. The fourth-order valence-corrected chi connectivity index (χ4v) is 3.91. The molecule has 1 amide bonds. The number of aliphatic hydroxyl groups excluding tert-OH is 1. The van der Waals surface area contributed by atoms with Gasteiger partial charge in [0.2, 0.25) is 5.91 Å². The number of benzene rings is 1. The molecule has 1 atom stereocenters. The van der Waals surface area contributed by atoms with E-state index in [1.165, 1.54) is 12.0 Å². The third kappa shape index (κ3) is 2.59. The van der Waals surface area contributed by atoms with E-state index in [0.717, 1.165) is 45.1 Å². The van der Waals surface area contributed by atoms with Crippen molar-refractivity contribution in [2.24, 2.45) is 0 Å². The van der Waals surface area contributed by atoms with Gasteiger partial charge < -0.3 is 10.0 Å². The van der Waals surface area contributed by atoms with Gasteiger partial charge in [-0.3, -0.25) is 4.79 Å². The normalized spacial score (nSPS) is 24.4. The van der Waals surface area contributed by atoms with Gasteiger partial charge >= 0.3 is 0 Å². The van der Waals surface area contributed by atoms with Crippen LogP contribution in [-0.2, 0) is 10.2 Å². The van der Waals surface area contributed by atoms with Crippen LogP contribution in [0.1, 0.15) is 50.5 Å². The van der Waals surface area contributed by atoms with Gasteiger partial charge in [-0.25, -0.2) is 0 Å². The highest BCUT2D eigenvalue weighted by atomic mass is 16.3. The molecule has 1 saturated carbocycles. The van der Waals surface area contributed by atoms with Gasteiger partial charge in [0.15, 0.2) is 0 Å². The van der Waals surface area contributed by atoms with Crippen molar-refractivity contribution < 1.29 is 9.90 Å². The van der Waals surface area contributed by atoms with Gasteiger partial charge in [-0.1, -0.05) is 36.8 Å². The summed E-state index contributed by atoms with van der Waals surface area (Å²) in [7, 11) is 0. The first-order valence-corrected chi connectivity index (χ1v) is 8.25. The number of aliphatic hydroxyl groups is 1. The molecule has 2 fully saturated rings. The standard InChI is InChI=1S/C18H25NO2/c20-14-10-16-9-4-5-13-19(16)17(21)18(11-6-12-18)15-7-2-1-3-8-15/h1-3,7-8,16,20H,4-6,9-14H2. The maximum Gasteiger partial charge on any atom is 0.233 e. The van der Waals surface area contributed by atoms with Crippen LogP contribution in [0.5, 0.6) is 0 Å². The van der Waals surface area contributed by atoms with Crippen molar-refractivity contribution in [1.82, 2.24) is 4.90 Å². The first-order valence-electron chi connectivity index (χ1n) is 8.25. The fourth-order valence-electron chi connectivity index (χ4n) is 3.91. The molecule has 3 heteroatoms. The fraction of sp³-hybridized carbons (Fsp3) is 0.611. The summed E-state index contributed by atoms with van der Waals surface area (Å²) in [5, 5.41) is 9.27. The van der Waals surface area contributed by atoms with E-state index in [2.05, 4.69) is 17.0 Å². The lowest BCUT2D eigenvalue weighted by molar-refractivity contribution is -0.145. The lowest BCUT2D eigenvalue weighted by atomic mass is 9.63. The Labute approximate surface area is 127 Å². The van der Waals surface area contributed by atoms with Gasteiger partial charge in [-0.05, 0) is 44.1 Å². The van der Waals surface area contributed by atoms with Crippen LogP contribution in [0.4, 0.5) is 0 Å². The highest BCUT2D eigenvalue weighted by Gasteiger charge is 2.48. The van der Waals surface area contributed by atoms with Crippen molar-refractivity contribution in [2.75, 3.05) is 13.2 Å². The Kier molecular flexibility index (Phi) is 4.29. The van der Waals surface area contributed by atoms with Crippen molar-refractivity contribution in [2.45, 2.75) is 56.4 Å². The first-order chi connectivity index (χ1) is 10.3. The van der Waals surface area contributed by atoms with Gasteiger partial charge in [-0.2, -0.15) is 0 Å². The number of carbonyl (C=O) groups excluding carboxylic acids is 1. The van der Waals surface area contributed by atoms with Crippen molar-refractivity contribution in [3.8, 4) is 0 Å².